The number of hydrogen-bond donors (Lipinski definition) is 0. The second-order valence-corrected chi connectivity index (χ2v) is 7.73. The van der Waals surface area contributed by atoms with Gasteiger partial charge in [-0.15, -0.1) is 0 Å². The molecule has 0 radical (unpaired) electrons. The van der Waals surface area contributed by atoms with Crippen LogP contribution in [0.1, 0.15) is 20.8 Å². The lowest BCUT2D eigenvalue weighted by Crippen LogP contribution is -2.50. The van der Waals surface area contributed by atoms with Gasteiger partial charge in [0.05, 0.1) is 12.0 Å². The van der Waals surface area contributed by atoms with Gasteiger partial charge in [0, 0.05) is 37.8 Å². The Balaban J connectivity index is 1.35. The van der Waals surface area contributed by atoms with E-state index in [2.05, 4.69) is 5.10 Å². The molecule has 33 heavy (non-hydrogen) atoms. The molecule has 0 aliphatic carbocycles. The highest BCUT2D eigenvalue weighted by molar-refractivity contribution is 5.96. The Hall–Kier alpha value is -4.20. The molecule has 2 amide bonds. The first kappa shape index (κ1) is 20.7. The summed E-state index contributed by atoms with van der Waals surface area (Å²) >= 11 is 0. The van der Waals surface area contributed by atoms with Crippen molar-refractivity contribution < 1.29 is 18.4 Å². The molecule has 2 aromatic carbocycles. The van der Waals surface area contributed by atoms with Gasteiger partial charge in [0.1, 0.15) is 17.2 Å². The highest BCUT2D eigenvalue weighted by Gasteiger charge is 2.28. The Kier molecular flexibility index (Phi) is 5.48. The summed E-state index contributed by atoms with van der Waals surface area (Å²) in [5.41, 5.74) is 2.19. The van der Waals surface area contributed by atoms with E-state index in [-0.39, 0.29) is 17.6 Å². The van der Waals surface area contributed by atoms with Gasteiger partial charge < -0.3 is 14.2 Å². The van der Waals surface area contributed by atoms with E-state index in [0.717, 1.165) is 5.69 Å². The number of amides is 2. The summed E-state index contributed by atoms with van der Waals surface area (Å²) in [7, 11) is 0. The van der Waals surface area contributed by atoms with Gasteiger partial charge in [0.2, 0.25) is 0 Å². The monoisotopic (exact) mass is 444 g/mol. The van der Waals surface area contributed by atoms with Crippen LogP contribution >= 0.6 is 0 Å². The van der Waals surface area contributed by atoms with Crippen molar-refractivity contribution >= 4 is 11.8 Å². The molecule has 0 atom stereocenters. The highest BCUT2D eigenvalue weighted by atomic mass is 19.1. The van der Waals surface area contributed by atoms with Gasteiger partial charge in [-0.2, -0.15) is 5.10 Å². The number of carbonyl (C=O) groups is 2. The molecule has 5 rings (SSSR count). The smallest absolute Gasteiger partial charge is 0.272 e. The molecule has 3 heterocycles. The van der Waals surface area contributed by atoms with E-state index in [1.165, 1.54) is 24.3 Å². The zero-order valence-corrected chi connectivity index (χ0v) is 17.7. The molecule has 0 bridgehead atoms. The molecule has 166 valence electrons. The molecule has 0 N–H and O–H groups in total. The summed E-state index contributed by atoms with van der Waals surface area (Å²) < 4.78 is 20.3. The van der Waals surface area contributed by atoms with Gasteiger partial charge in [-0.3, -0.25) is 9.59 Å². The van der Waals surface area contributed by atoms with Crippen molar-refractivity contribution in [1.29, 1.82) is 0 Å². The van der Waals surface area contributed by atoms with Crippen LogP contribution in [0.15, 0.2) is 83.5 Å². The fourth-order valence-electron chi connectivity index (χ4n) is 3.89. The van der Waals surface area contributed by atoms with Crippen molar-refractivity contribution in [2.24, 2.45) is 0 Å². The summed E-state index contributed by atoms with van der Waals surface area (Å²) in [6.07, 6.45) is 1.57. The number of nitrogens with zero attached hydrogens (tertiary/aromatic N) is 4. The molecule has 0 unspecified atom stereocenters. The van der Waals surface area contributed by atoms with Gasteiger partial charge in [-0.1, -0.05) is 18.2 Å². The minimum atomic E-state index is -0.383. The lowest BCUT2D eigenvalue weighted by atomic mass is 10.1. The van der Waals surface area contributed by atoms with E-state index < -0.39 is 0 Å². The third-order valence-corrected chi connectivity index (χ3v) is 5.65. The van der Waals surface area contributed by atoms with E-state index in [9.17, 15) is 14.0 Å². The summed E-state index contributed by atoms with van der Waals surface area (Å²) in [5, 5.41) is 4.61. The maximum Gasteiger partial charge on any atom is 0.272 e. The molecular weight excluding hydrogens is 423 g/mol. The normalized spacial score (nSPS) is 13.8. The third kappa shape index (κ3) is 4.15. The molecule has 0 spiro atoms. The van der Waals surface area contributed by atoms with E-state index in [4.69, 9.17) is 4.42 Å². The molecule has 1 aliphatic heterocycles. The van der Waals surface area contributed by atoms with Crippen LogP contribution in [0.5, 0.6) is 0 Å². The van der Waals surface area contributed by atoms with Crippen molar-refractivity contribution in [2.45, 2.75) is 0 Å². The van der Waals surface area contributed by atoms with Crippen molar-refractivity contribution in [2.75, 3.05) is 26.2 Å². The van der Waals surface area contributed by atoms with Crippen LogP contribution in [0.4, 0.5) is 4.39 Å². The average Bonchev–Trinajstić information content (AvgIpc) is 3.55. The van der Waals surface area contributed by atoms with Crippen LogP contribution in [-0.4, -0.2) is 57.6 Å². The summed E-state index contributed by atoms with van der Waals surface area (Å²) in [4.78, 5) is 29.6. The fourth-order valence-corrected chi connectivity index (χ4v) is 3.89. The molecule has 1 saturated heterocycles. The number of benzene rings is 2. The maximum absolute atomic E-state index is 13.5. The van der Waals surface area contributed by atoms with Crippen LogP contribution in [0.3, 0.4) is 0 Å². The first-order valence-corrected chi connectivity index (χ1v) is 10.6. The van der Waals surface area contributed by atoms with Gasteiger partial charge >= 0.3 is 0 Å². The SMILES string of the molecule is O=C(c1ccc(F)cc1)N1CCN(C(=O)c2cc(-c3ccco3)nn2-c2ccccc2)CC1. The number of hydrogen-bond acceptors (Lipinski definition) is 4. The van der Waals surface area contributed by atoms with E-state index >= 15 is 0 Å². The molecule has 1 aliphatic rings. The van der Waals surface area contributed by atoms with Crippen LogP contribution in [0.2, 0.25) is 0 Å². The summed E-state index contributed by atoms with van der Waals surface area (Å²) in [5.74, 6) is -0.145. The summed E-state index contributed by atoms with van der Waals surface area (Å²) in [6, 6.07) is 20.2. The first-order valence-electron chi connectivity index (χ1n) is 10.6. The number of carbonyl (C=O) groups excluding carboxylic acids is 2. The average molecular weight is 444 g/mol. The first-order chi connectivity index (χ1) is 16.1. The van der Waals surface area contributed by atoms with Crippen molar-refractivity contribution in [1.82, 2.24) is 19.6 Å². The fraction of sp³-hybridized carbons (Fsp3) is 0.160. The molecular formula is C25H21FN4O3. The second-order valence-electron chi connectivity index (χ2n) is 7.73. The van der Waals surface area contributed by atoms with E-state index in [1.54, 1.807) is 38.9 Å². The molecule has 4 aromatic rings. The predicted molar refractivity (Wildman–Crippen MR) is 119 cm³/mol. The molecule has 0 saturated carbocycles. The Morgan fingerprint density at radius 1 is 0.818 bits per heavy atom. The molecule has 1 fully saturated rings. The van der Waals surface area contributed by atoms with Crippen molar-refractivity contribution in [3.05, 3.63) is 96.1 Å². The second kappa shape index (κ2) is 8.74. The Labute approximate surface area is 189 Å². The largest absolute Gasteiger partial charge is 0.463 e. The van der Waals surface area contributed by atoms with Gasteiger partial charge in [-0.25, -0.2) is 9.07 Å². The quantitative estimate of drug-likeness (QED) is 0.479. The van der Waals surface area contributed by atoms with Gasteiger partial charge in [0.15, 0.2) is 5.76 Å². The van der Waals surface area contributed by atoms with Crippen molar-refractivity contribution in [3.63, 3.8) is 0 Å². The van der Waals surface area contributed by atoms with Crippen LogP contribution in [-0.2, 0) is 0 Å². The van der Waals surface area contributed by atoms with Gasteiger partial charge in [-0.05, 0) is 48.5 Å². The Morgan fingerprint density at radius 3 is 2.12 bits per heavy atom. The Bertz CT molecular complexity index is 1260. The zero-order chi connectivity index (χ0) is 22.8. The van der Waals surface area contributed by atoms with Crippen LogP contribution in [0, 0.1) is 5.82 Å². The number of halogens is 1. The molecule has 7 nitrogen and oxygen atoms in total. The number of rotatable bonds is 4. The van der Waals surface area contributed by atoms with Crippen LogP contribution in [0.25, 0.3) is 17.1 Å². The minimum absolute atomic E-state index is 0.168. The number of para-hydroxylation sites is 1. The number of furan rings is 1. The standard InChI is InChI=1S/C25H21FN4O3/c26-19-10-8-18(9-11-19)24(31)28-12-14-29(15-13-28)25(32)22-17-21(23-7-4-16-33-23)27-30(22)20-5-2-1-3-6-20/h1-11,16-17H,12-15H2. The molecule has 2 aromatic heterocycles. The maximum atomic E-state index is 13.5. The Morgan fingerprint density at radius 2 is 1.48 bits per heavy atom. The minimum Gasteiger partial charge on any atom is -0.463 e. The zero-order valence-electron chi connectivity index (χ0n) is 17.7. The van der Waals surface area contributed by atoms with Crippen LogP contribution < -0.4 is 0 Å². The van der Waals surface area contributed by atoms with Crippen molar-refractivity contribution in [3.8, 4) is 17.1 Å². The molecule has 8 heteroatoms. The van der Waals surface area contributed by atoms with Gasteiger partial charge in [0.25, 0.3) is 11.8 Å². The lowest BCUT2D eigenvalue weighted by Gasteiger charge is -2.34. The number of aromatic nitrogens is 2. The van der Waals surface area contributed by atoms with E-state index in [0.29, 0.717) is 48.9 Å². The number of piperazine rings is 1. The lowest BCUT2D eigenvalue weighted by molar-refractivity contribution is 0.0530. The topological polar surface area (TPSA) is 71.6 Å². The van der Waals surface area contributed by atoms with E-state index in [1.807, 2.05) is 30.3 Å². The highest BCUT2D eigenvalue weighted by Crippen LogP contribution is 2.23. The summed E-state index contributed by atoms with van der Waals surface area (Å²) in [6.45, 7) is 1.57. The predicted octanol–water partition coefficient (Wildman–Crippen LogP) is 3.87. The third-order valence-electron chi connectivity index (χ3n) is 5.65.